The van der Waals surface area contributed by atoms with Crippen molar-refractivity contribution in [1.82, 2.24) is 19.5 Å². The van der Waals surface area contributed by atoms with E-state index in [-0.39, 0.29) is 23.1 Å². The molecule has 1 fully saturated rings. The smallest absolute Gasteiger partial charge is 0.280 e. The number of nitrogens with one attached hydrogen (secondary N) is 2. The van der Waals surface area contributed by atoms with E-state index in [9.17, 15) is 20.1 Å². The van der Waals surface area contributed by atoms with E-state index in [4.69, 9.17) is 19.9 Å². The van der Waals surface area contributed by atoms with E-state index < -0.39 is 36.7 Å². The molecular formula is C19H22BrN7O7. The van der Waals surface area contributed by atoms with Crippen LogP contribution in [-0.2, 0) is 4.74 Å². The van der Waals surface area contributed by atoms with Crippen LogP contribution in [0.5, 0.6) is 11.5 Å². The number of rotatable bonds is 7. The summed E-state index contributed by atoms with van der Waals surface area (Å²) >= 11 is 3.43. The number of imidazole rings is 1. The third kappa shape index (κ3) is 4.19. The number of nitrogen functional groups attached to an aromatic ring is 1. The number of halogens is 1. The molecule has 0 amide bonds. The van der Waals surface area contributed by atoms with E-state index >= 15 is 0 Å². The molecule has 4 atom stereocenters. The van der Waals surface area contributed by atoms with Gasteiger partial charge in [-0.15, -0.1) is 0 Å². The Morgan fingerprint density at radius 1 is 1.29 bits per heavy atom. The number of aliphatic hydroxyl groups is 3. The first-order valence-corrected chi connectivity index (χ1v) is 10.7. The lowest BCUT2D eigenvalue weighted by molar-refractivity contribution is -0.0501. The number of aromatic nitrogens is 4. The van der Waals surface area contributed by atoms with E-state index in [2.05, 4.69) is 41.4 Å². The Kier molecular flexibility index (Phi) is 6.72. The summed E-state index contributed by atoms with van der Waals surface area (Å²) in [5.41, 5.74) is 8.27. The minimum atomic E-state index is -1.46. The molecule has 182 valence electrons. The van der Waals surface area contributed by atoms with Crippen molar-refractivity contribution in [2.45, 2.75) is 24.5 Å². The molecule has 0 aliphatic carbocycles. The summed E-state index contributed by atoms with van der Waals surface area (Å²) in [5.74, 6) is 0.793. The molecule has 1 aromatic carbocycles. The first kappa shape index (κ1) is 23.9. The van der Waals surface area contributed by atoms with Crippen LogP contribution in [0.2, 0.25) is 0 Å². The lowest BCUT2D eigenvalue weighted by Gasteiger charge is -2.18. The maximum Gasteiger partial charge on any atom is 0.280 e. The van der Waals surface area contributed by atoms with Crippen LogP contribution in [0, 0.1) is 0 Å². The highest BCUT2D eigenvalue weighted by Gasteiger charge is 2.45. The second-order valence-corrected chi connectivity index (χ2v) is 8.11. The molecule has 3 aromatic rings. The summed E-state index contributed by atoms with van der Waals surface area (Å²) in [6.45, 7) is -0.536. The molecule has 1 aliphatic heterocycles. The summed E-state index contributed by atoms with van der Waals surface area (Å²) in [4.78, 5) is 23.0. The topological polar surface area (TPSA) is 202 Å². The molecule has 7 N–H and O–H groups in total. The second kappa shape index (κ2) is 9.55. The Balaban J connectivity index is 1.74. The summed E-state index contributed by atoms with van der Waals surface area (Å²) < 4.78 is 18.1. The number of hydrogen-bond acceptors (Lipinski definition) is 12. The number of fused-ring (bicyclic) bond motifs is 1. The van der Waals surface area contributed by atoms with Crippen LogP contribution >= 0.6 is 15.9 Å². The van der Waals surface area contributed by atoms with Gasteiger partial charge in [0.25, 0.3) is 5.56 Å². The predicted octanol–water partition coefficient (Wildman–Crippen LogP) is -0.461. The Morgan fingerprint density at radius 3 is 2.65 bits per heavy atom. The summed E-state index contributed by atoms with van der Waals surface area (Å²) in [7, 11) is 3.02. The monoisotopic (exact) mass is 539 g/mol. The fourth-order valence-corrected chi connectivity index (χ4v) is 3.97. The van der Waals surface area contributed by atoms with E-state index in [1.807, 2.05) is 0 Å². The Morgan fingerprint density at radius 2 is 2.00 bits per heavy atom. The van der Waals surface area contributed by atoms with Gasteiger partial charge in [-0.1, -0.05) is 0 Å². The van der Waals surface area contributed by atoms with E-state index in [1.54, 1.807) is 12.1 Å². The van der Waals surface area contributed by atoms with Crippen molar-refractivity contribution < 1.29 is 29.5 Å². The standard InChI is InChI=1S/C19H22BrN7O7/c1-32-9-3-7(8(20)4-10(9)33-2)5-22-26-19-23-12-15(24-18(21)25-16(12)31)27(19)17-14(30)13(29)11(6-28)34-17/h3-5,11,13-14,17,28-30H,6H2,1-2H3,(H,23,26)(H3,21,24,25,31)/b22-5-/t11-,13+,14+,17-/m0/s1. The van der Waals surface area contributed by atoms with E-state index in [0.29, 0.717) is 21.5 Å². The Bertz CT molecular complexity index is 1290. The van der Waals surface area contributed by atoms with Gasteiger partial charge in [0.1, 0.15) is 18.3 Å². The summed E-state index contributed by atoms with van der Waals surface area (Å²) in [5, 5.41) is 34.3. The fraction of sp³-hybridized carbons (Fsp3) is 0.368. The maximum absolute atomic E-state index is 12.4. The quantitative estimate of drug-likeness (QED) is 0.167. The number of anilines is 2. The molecule has 3 heterocycles. The van der Waals surface area contributed by atoms with Crippen molar-refractivity contribution in [3.8, 4) is 11.5 Å². The van der Waals surface area contributed by atoms with Gasteiger partial charge >= 0.3 is 0 Å². The molecule has 14 nitrogen and oxygen atoms in total. The zero-order valence-electron chi connectivity index (χ0n) is 18.0. The van der Waals surface area contributed by atoms with Gasteiger partial charge in [0.15, 0.2) is 28.9 Å². The van der Waals surface area contributed by atoms with Crippen LogP contribution in [0.1, 0.15) is 11.8 Å². The van der Waals surface area contributed by atoms with Crippen LogP contribution in [0.25, 0.3) is 11.2 Å². The van der Waals surface area contributed by atoms with Crippen LogP contribution in [0.15, 0.2) is 26.5 Å². The normalized spacial score (nSPS) is 22.5. The largest absolute Gasteiger partial charge is 0.493 e. The van der Waals surface area contributed by atoms with Crippen molar-refractivity contribution in [3.05, 3.63) is 32.5 Å². The summed E-state index contributed by atoms with van der Waals surface area (Å²) in [6.07, 6.45) is -3.68. The SMILES string of the molecule is COc1cc(Br)c(/C=N\Nc2nc3c(=O)[nH]c(N)nc3n2[C@H]2O[C@@H](CO)[C@@H](O)[C@H]2O)cc1OC. The molecule has 15 heteroatoms. The number of H-pyrrole nitrogens is 1. The number of benzene rings is 1. The fourth-order valence-electron chi connectivity index (χ4n) is 3.54. The number of hydrazone groups is 1. The zero-order valence-corrected chi connectivity index (χ0v) is 19.6. The van der Waals surface area contributed by atoms with Crippen molar-refractivity contribution in [1.29, 1.82) is 0 Å². The molecule has 4 rings (SSSR count). The molecule has 0 bridgehead atoms. The van der Waals surface area contributed by atoms with Gasteiger partial charge in [0, 0.05) is 10.0 Å². The highest BCUT2D eigenvalue weighted by molar-refractivity contribution is 9.10. The average Bonchev–Trinajstić information content (AvgIpc) is 3.31. The minimum absolute atomic E-state index is 0.0129. The molecule has 0 saturated carbocycles. The highest BCUT2D eigenvalue weighted by atomic mass is 79.9. The minimum Gasteiger partial charge on any atom is -0.493 e. The van der Waals surface area contributed by atoms with Crippen molar-refractivity contribution >= 4 is 45.2 Å². The average molecular weight is 540 g/mol. The van der Waals surface area contributed by atoms with Crippen LogP contribution in [0.3, 0.4) is 0 Å². The number of methoxy groups -OCH3 is 2. The number of ether oxygens (including phenoxy) is 3. The molecule has 0 radical (unpaired) electrons. The second-order valence-electron chi connectivity index (χ2n) is 7.26. The number of aromatic amines is 1. The molecular weight excluding hydrogens is 518 g/mol. The maximum atomic E-state index is 12.4. The summed E-state index contributed by atoms with van der Waals surface area (Å²) in [6, 6.07) is 3.40. The van der Waals surface area contributed by atoms with Gasteiger partial charge < -0.3 is 35.3 Å². The molecule has 0 unspecified atom stereocenters. The van der Waals surface area contributed by atoms with Gasteiger partial charge in [-0.3, -0.25) is 14.3 Å². The molecule has 1 saturated heterocycles. The highest BCUT2D eigenvalue weighted by Crippen LogP contribution is 2.34. The van der Waals surface area contributed by atoms with Crippen LogP contribution in [-0.4, -0.2) is 80.2 Å². The third-order valence-corrected chi connectivity index (χ3v) is 5.90. The van der Waals surface area contributed by atoms with Crippen LogP contribution < -0.4 is 26.2 Å². The van der Waals surface area contributed by atoms with Gasteiger partial charge in [0.05, 0.1) is 27.0 Å². The van der Waals surface area contributed by atoms with Crippen LogP contribution in [0.4, 0.5) is 11.9 Å². The Labute approximate surface area is 200 Å². The van der Waals surface area contributed by atoms with Gasteiger partial charge in [0.2, 0.25) is 11.9 Å². The zero-order chi connectivity index (χ0) is 24.6. The lowest BCUT2D eigenvalue weighted by atomic mass is 10.1. The van der Waals surface area contributed by atoms with Gasteiger partial charge in [-0.05, 0) is 28.1 Å². The van der Waals surface area contributed by atoms with Gasteiger partial charge in [-0.2, -0.15) is 10.1 Å². The number of aliphatic hydroxyl groups excluding tert-OH is 3. The van der Waals surface area contributed by atoms with Crippen molar-refractivity contribution in [2.75, 3.05) is 32.0 Å². The Hall–Kier alpha value is -3.24. The van der Waals surface area contributed by atoms with Gasteiger partial charge in [-0.25, -0.2) is 10.4 Å². The lowest BCUT2D eigenvalue weighted by Crippen LogP contribution is -2.33. The molecule has 2 aromatic heterocycles. The first-order chi connectivity index (χ1) is 16.3. The van der Waals surface area contributed by atoms with E-state index in [0.717, 1.165) is 0 Å². The molecule has 0 spiro atoms. The van der Waals surface area contributed by atoms with E-state index in [1.165, 1.54) is 25.0 Å². The van der Waals surface area contributed by atoms with Crippen molar-refractivity contribution in [3.63, 3.8) is 0 Å². The first-order valence-electron chi connectivity index (χ1n) is 9.89. The molecule has 34 heavy (non-hydrogen) atoms. The number of nitrogens with two attached hydrogens (primary N) is 1. The third-order valence-electron chi connectivity index (χ3n) is 5.21. The van der Waals surface area contributed by atoms with Crippen molar-refractivity contribution in [2.24, 2.45) is 5.10 Å². The number of hydrogen-bond donors (Lipinski definition) is 6. The predicted molar refractivity (Wildman–Crippen MR) is 124 cm³/mol. The number of nitrogens with zero attached hydrogens (tertiary/aromatic N) is 4. The molecule has 1 aliphatic rings.